The number of hydrogen-bond acceptors (Lipinski definition) is 2. The molecule has 0 aliphatic heterocycles. The molecule has 0 N–H and O–H groups in total. The molecule has 0 radical (unpaired) electrons. The summed E-state index contributed by atoms with van der Waals surface area (Å²) >= 11 is 2.01. The van der Waals surface area contributed by atoms with Crippen molar-refractivity contribution in [1.29, 1.82) is 0 Å². The van der Waals surface area contributed by atoms with E-state index in [1.165, 1.54) is 4.90 Å². The molecule has 3 heteroatoms. The van der Waals surface area contributed by atoms with Crippen LogP contribution >= 0.6 is 11.2 Å². The van der Waals surface area contributed by atoms with Gasteiger partial charge in [0.15, 0.2) is 0 Å². The van der Waals surface area contributed by atoms with Crippen molar-refractivity contribution in [2.45, 2.75) is 31.5 Å². The Balaban J connectivity index is 2.84. The van der Waals surface area contributed by atoms with Crippen molar-refractivity contribution in [2.24, 2.45) is 4.99 Å². The minimum Gasteiger partial charge on any atom is -0.262 e. The number of rotatable bonds is 3. The van der Waals surface area contributed by atoms with Gasteiger partial charge in [0.25, 0.3) is 0 Å². The second kappa shape index (κ2) is 4.80. The lowest BCUT2D eigenvalue weighted by atomic mass is 10.3. The van der Waals surface area contributed by atoms with Crippen molar-refractivity contribution in [3.05, 3.63) is 24.3 Å². The zero-order chi connectivity index (χ0) is 10.6. The Labute approximate surface area is 91.3 Å². The number of aliphatic imine (C=N–C) groups is 1. The second-order valence-corrected chi connectivity index (χ2v) is 13.3. The zero-order valence-corrected chi connectivity index (χ0v) is 11.1. The lowest BCUT2D eigenvalue weighted by Gasteiger charge is -2.15. The van der Waals surface area contributed by atoms with Gasteiger partial charge in [0.1, 0.15) is 7.22 Å². The van der Waals surface area contributed by atoms with Gasteiger partial charge in [-0.2, -0.15) is 11.2 Å². The summed E-state index contributed by atoms with van der Waals surface area (Å²) in [4.78, 5) is 5.61. The van der Waals surface area contributed by atoms with Crippen LogP contribution in [0.25, 0.3) is 0 Å². The predicted molar refractivity (Wildman–Crippen MR) is 69.5 cm³/mol. The Morgan fingerprint density at radius 1 is 1.29 bits per heavy atom. The summed E-state index contributed by atoms with van der Waals surface area (Å²) < 4.78 is 0. The van der Waals surface area contributed by atoms with Gasteiger partial charge >= 0.3 is 0 Å². The third-order valence-corrected chi connectivity index (χ3v) is 5.17. The molecule has 0 bridgehead atoms. The van der Waals surface area contributed by atoms with E-state index in [4.69, 9.17) is 0 Å². The quantitative estimate of drug-likeness (QED) is 0.548. The molecule has 0 saturated heterocycles. The van der Waals surface area contributed by atoms with E-state index in [-0.39, 0.29) is 0 Å². The minimum atomic E-state index is -1.08. The van der Waals surface area contributed by atoms with Crippen LogP contribution in [-0.4, -0.2) is 13.4 Å². The lowest BCUT2D eigenvalue weighted by molar-refractivity contribution is 1.42. The topological polar surface area (TPSA) is 12.4 Å². The van der Waals surface area contributed by atoms with Crippen molar-refractivity contribution in [2.75, 3.05) is 0 Å². The van der Waals surface area contributed by atoms with E-state index in [0.717, 1.165) is 5.69 Å². The summed E-state index contributed by atoms with van der Waals surface area (Å²) in [6, 6.07) is 8.43. The van der Waals surface area contributed by atoms with Crippen LogP contribution in [0, 0.1) is 0 Å². The highest BCUT2D eigenvalue weighted by Crippen LogP contribution is 2.30. The highest BCUT2D eigenvalue weighted by molar-refractivity contribution is 8.28. The van der Waals surface area contributed by atoms with E-state index in [9.17, 15) is 0 Å². The van der Waals surface area contributed by atoms with Crippen LogP contribution in [0.15, 0.2) is 34.2 Å². The maximum Gasteiger partial charge on any atom is 0.114 e. The molecule has 0 saturated carbocycles. The van der Waals surface area contributed by atoms with Crippen LogP contribution in [0.3, 0.4) is 0 Å². The van der Waals surface area contributed by atoms with E-state index >= 15 is 0 Å². The van der Waals surface area contributed by atoms with Gasteiger partial charge in [0.05, 0.1) is 5.69 Å². The molecule has 0 aromatic heterocycles. The van der Waals surface area contributed by atoms with Gasteiger partial charge in [0.2, 0.25) is 0 Å². The summed E-state index contributed by atoms with van der Waals surface area (Å²) in [6.07, 6.45) is 1.83. The van der Waals surface area contributed by atoms with E-state index in [2.05, 4.69) is 42.8 Å². The molecule has 0 unspecified atom stereocenters. The van der Waals surface area contributed by atoms with Crippen molar-refractivity contribution in [1.82, 2.24) is 0 Å². The van der Waals surface area contributed by atoms with Crippen LogP contribution in [0.4, 0.5) is 5.69 Å². The molecule has 0 fully saturated rings. The molecule has 1 nitrogen and oxygen atoms in total. The standard InChI is InChI=1S/C11H17NSSi/c1-5-12-10-7-6-8-11(9-10)13-14(2,3)4/h5-9H,1-4H3. The maximum atomic E-state index is 4.27. The first-order valence-electron chi connectivity index (χ1n) is 4.79. The Morgan fingerprint density at radius 2 is 2.00 bits per heavy atom. The SMILES string of the molecule is CC=Nc1cccc(S[Si](C)(C)C)c1. The molecule has 76 valence electrons. The minimum absolute atomic E-state index is 1.05. The van der Waals surface area contributed by atoms with Crippen molar-refractivity contribution < 1.29 is 0 Å². The van der Waals surface area contributed by atoms with Crippen molar-refractivity contribution in [3.63, 3.8) is 0 Å². The fourth-order valence-electron chi connectivity index (χ4n) is 1.13. The summed E-state index contributed by atoms with van der Waals surface area (Å²) in [5.41, 5.74) is 1.05. The summed E-state index contributed by atoms with van der Waals surface area (Å²) in [7, 11) is -1.08. The fourth-order valence-corrected chi connectivity index (χ4v) is 4.67. The molecular weight excluding hydrogens is 206 g/mol. The second-order valence-electron chi connectivity index (χ2n) is 4.10. The molecule has 0 spiro atoms. The smallest absolute Gasteiger partial charge is 0.114 e. The first-order valence-corrected chi connectivity index (χ1v) is 9.83. The van der Waals surface area contributed by atoms with Crippen LogP contribution < -0.4 is 0 Å². The van der Waals surface area contributed by atoms with Gasteiger partial charge in [-0.25, -0.2) is 0 Å². The molecule has 14 heavy (non-hydrogen) atoms. The van der Waals surface area contributed by atoms with Crippen molar-refractivity contribution in [3.8, 4) is 0 Å². The lowest BCUT2D eigenvalue weighted by Crippen LogP contribution is -2.13. The Morgan fingerprint density at radius 3 is 2.57 bits per heavy atom. The highest BCUT2D eigenvalue weighted by Gasteiger charge is 2.14. The molecule has 1 rings (SSSR count). The Hall–Kier alpha value is -0.543. The molecular formula is C11H17NSSi. The average molecular weight is 223 g/mol. The van der Waals surface area contributed by atoms with Crippen molar-refractivity contribution >= 4 is 30.3 Å². The molecule has 0 aliphatic carbocycles. The molecule has 0 aliphatic rings. The van der Waals surface area contributed by atoms with Gasteiger partial charge in [-0.15, -0.1) is 0 Å². The number of benzene rings is 1. The van der Waals surface area contributed by atoms with E-state index in [0.29, 0.717) is 0 Å². The number of hydrogen-bond donors (Lipinski definition) is 0. The van der Waals surface area contributed by atoms with Gasteiger partial charge in [-0.05, 0) is 25.1 Å². The average Bonchev–Trinajstić information content (AvgIpc) is 2.02. The van der Waals surface area contributed by atoms with E-state index in [1.54, 1.807) is 0 Å². The molecule has 0 atom stereocenters. The molecule has 1 aromatic rings. The largest absolute Gasteiger partial charge is 0.262 e. The van der Waals surface area contributed by atoms with E-state index < -0.39 is 7.22 Å². The van der Waals surface area contributed by atoms with E-state index in [1.807, 2.05) is 30.4 Å². The van der Waals surface area contributed by atoms with Crippen LogP contribution in [-0.2, 0) is 0 Å². The Bertz CT molecular complexity index is 328. The normalized spacial score (nSPS) is 12.3. The van der Waals surface area contributed by atoms with Gasteiger partial charge in [-0.3, -0.25) is 4.99 Å². The molecule has 1 aromatic carbocycles. The first-order chi connectivity index (χ1) is 6.51. The third-order valence-electron chi connectivity index (χ3n) is 1.52. The van der Waals surface area contributed by atoms with Gasteiger partial charge in [0, 0.05) is 11.1 Å². The van der Waals surface area contributed by atoms with Crippen LogP contribution in [0.5, 0.6) is 0 Å². The van der Waals surface area contributed by atoms with Crippen LogP contribution in [0.1, 0.15) is 6.92 Å². The number of nitrogens with zero attached hydrogens (tertiary/aromatic N) is 1. The maximum absolute atomic E-state index is 4.27. The third kappa shape index (κ3) is 4.11. The molecule has 0 heterocycles. The molecule has 0 amide bonds. The van der Waals surface area contributed by atoms with Gasteiger partial charge < -0.3 is 0 Å². The first kappa shape index (κ1) is 11.5. The predicted octanol–water partition coefficient (Wildman–Crippen LogP) is 4.34. The van der Waals surface area contributed by atoms with Crippen LogP contribution in [0.2, 0.25) is 19.6 Å². The monoisotopic (exact) mass is 223 g/mol. The summed E-state index contributed by atoms with van der Waals surface area (Å²) in [6.45, 7) is 9.01. The highest BCUT2D eigenvalue weighted by atomic mass is 32.4. The zero-order valence-electron chi connectivity index (χ0n) is 9.24. The fraction of sp³-hybridized carbons (Fsp3) is 0.364. The summed E-state index contributed by atoms with van der Waals surface area (Å²) in [5.74, 6) is 0. The summed E-state index contributed by atoms with van der Waals surface area (Å²) in [5, 5.41) is 0. The Kier molecular flexibility index (Phi) is 3.95. The van der Waals surface area contributed by atoms with Gasteiger partial charge in [-0.1, -0.05) is 25.7 Å².